The topological polar surface area (TPSA) is 37.4 Å². The summed E-state index contributed by atoms with van der Waals surface area (Å²) in [7, 11) is -3.31. The Morgan fingerprint density at radius 3 is 2.47 bits per heavy atom. The summed E-state index contributed by atoms with van der Waals surface area (Å²) in [4.78, 5) is 0.432. The molecule has 0 aliphatic carbocycles. The fourth-order valence-electron chi connectivity index (χ4n) is 2.68. The molecule has 0 bridgehead atoms. The molecule has 0 spiro atoms. The zero-order valence-corrected chi connectivity index (χ0v) is 12.6. The third kappa shape index (κ3) is 3.18. The second kappa shape index (κ2) is 6.06. The summed E-state index contributed by atoms with van der Waals surface area (Å²) in [5.41, 5.74) is 1.20. The zero-order valence-electron chi connectivity index (χ0n) is 11.8. The third-order valence-electron chi connectivity index (χ3n) is 3.81. The predicted molar refractivity (Wildman–Crippen MR) is 77.6 cm³/mol. The second-order valence-corrected chi connectivity index (χ2v) is 7.25. The van der Waals surface area contributed by atoms with E-state index in [0.717, 1.165) is 32.1 Å². The van der Waals surface area contributed by atoms with Gasteiger partial charge < -0.3 is 0 Å². The van der Waals surface area contributed by atoms with E-state index in [-0.39, 0.29) is 6.04 Å². The van der Waals surface area contributed by atoms with Gasteiger partial charge in [0.25, 0.3) is 0 Å². The number of hydrogen-bond acceptors (Lipinski definition) is 2. The molecule has 1 aliphatic rings. The van der Waals surface area contributed by atoms with Crippen molar-refractivity contribution in [2.24, 2.45) is 0 Å². The first-order valence-corrected chi connectivity index (χ1v) is 8.60. The van der Waals surface area contributed by atoms with E-state index in [9.17, 15) is 8.42 Å². The maximum Gasteiger partial charge on any atom is 0.243 e. The van der Waals surface area contributed by atoms with Crippen molar-refractivity contribution in [3.05, 3.63) is 29.8 Å². The van der Waals surface area contributed by atoms with Crippen LogP contribution in [0.15, 0.2) is 29.2 Å². The van der Waals surface area contributed by atoms with Crippen molar-refractivity contribution in [2.75, 3.05) is 6.54 Å². The summed E-state index contributed by atoms with van der Waals surface area (Å²) >= 11 is 0. The van der Waals surface area contributed by atoms with Crippen molar-refractivity contribution in [1.29, 1.82) is 0 Å². The molecule has 1 heterocycles. The van der Waals surface area contributed by atoms with Gasteiger partial charge in [0.05, 0.1) is 4.90 Å². The number of sulfonamides is 1. The normalized spacial score (nSPS) is 21.5. The maximum absolute atomic E-state index is 12.6. The molecule has 2 rings (SSSR count). The van der Waals surface area contributed by atoms with Crippen LogP contribution in [-0.2, 0) is 16.4 Å². The summed E-state index contributed by atoms with van der Waals surface area (Å²) in [6, 6.07) is 7.49. The minimum Gasteiger partial charge on any atom is -0.207 e. The van der Waals surface area contributed by atoms with E-state index in [1.807, 2.05) is 19.1 Å². The standard InChI is InChI=1S/C15H23NO2S/c1-3-6-14-8-10-15(11-9-14)19(17,18)16-12-5-4-7-13(16)2/h8-11,13H,3-7,12H2,1-2H3/t13-/m0/s1. The lowest BCUT2D eigenvalue weighted by molar-refractivity contribution is 0.268. The predicted octanol–water partition coefficient (Wildman–Crippen LogP) is 3.20. The molecule has 0 radical (unpaired) electrons. The SMILES string of the molecule is CCCc1ccc(S(=O)(=O)N2CCCC[C@@H]2C)cc1. The minimum absolute atomic E-state index is 0.120. The fraction of sp³-hybridized carbons (Fsp3) is 0.600. The highest BCUT2D eigenvalue weighted by Gasteiger charge is 2.30. The van der Waals surface area contributed by atoms with Crippen LogP contribution in [0.4, 0.5) is 0 Å². The molecule has 0 N–H and O–H groups in total. The second-order valence-electron chi connectivity index (χ2n) is 5.35. The highest BCUT2D eigenvalue weighted by atomic mass is 32.2. The van der Waals surface area contributed by atoms with Crippen LogP contribution in [0.3, 0.4) is 0 Å². The number of aryl methyl sites for hydroxylation is 1. The van der Waals surface area contributed by atoms with Crippen molar-refractivity contribution in [2.45, 2.75) is 56.9 Å². The van der Waals surface area contributed by atoms with Crippen LogP contribution in [0.2, 0.25) is 0 Å². The van der Waals surface area contributed by atoms with Gasteiger partial charge in [-0.1, -0.05) is 31.9 Å². The Balaban J connectivity index is 2.23. The van der Waals surface area contributed by atoms with Crippen LogP contribution >= 0.6 is 0 Å². The smallest absolute Gasteiger partial charge is 0.207 e. The molecule has 1 saturated heterocycles. The largest absolute Gasteiger partial charge is 0.243 e. The first-order valence-electron chi connectivity index (χ1n) is 7.16. The van der Waals surface area contributed by atoms with Crippen molar-refractivity contribution >= 4 is 10.0 Å². The Labute approximate surface area is 116 Å². The van der Waals surface area contributed by atoms with Gasteiger partial charge in [-0.15, -0.1) is 0 Å². The molecule has 0 amide bonds. The molecule has 1 atom stereocenters. The fourth-order valence-corrected chi connectivity index (χ4v) is 4.38. The summed E-state index contributed by atoms with van der Waals surface area (Å²) in [5, 5.41) is 0. The van der Waals surface area contributed by atoms with Gasteiger partial charge in [-0.05, 0) is 43.9 Å². The maximum atomic E-state index is 12.6. The molecule has 0 saturated carbocycles. The lowest BCUT2D eigenvalue weighted by Crippen LogP contribution is -2.41. The minimum atomic E-state index is -3.31. The molecule has 3 nitrogen and oxygen atoms in total. The molecule has 4 heteroatoms. The van der Waals surface area contributed by atoms with E-state index in [2.05, 4.69) is 6.92 Å². The van der Waals surface area contributed by atoms with E-state index in [0.29, 0.717) is 11.4 Å². The first-order chi connectivity index (χ1) is 9.05. The Kier molecular flexibility index (Phi) is 4.63. The number of hydrogen-bond donors (Lipinski definition) is 0. The number of benzene rings is 1. The molecule has 1 fully saturated rings. The molecular formula is C15H23NO2S. The van der Waals surface area contributed by atoms with Crippen molar-refractivity contribution in [1.82, 2.24) is 4.31 Å². The van der Waals surface area contributed by atoms with Gasteiger partial charge in [0.15, 0.2) is 0 Å². The van der Waals surface area contributed by atoms with Crippen LogP contribution in [0.5, 0.6) is 0 Å². The Morgan fingerprint density at radius 1 is 1.21 bits per heavy atom. The highest BCUT2D eigenvalue weighted by Crippen LogP contribution is 2.25. The molecule has 0 unspecified atom stereocenters. The quantitative estimate of drug-likeness (QED) is 0.850. The summed E-state index contributed by atoms with van der Waals surface area (Å²) in [5.74, 6) is 0. The van der Waals surface area contributed by atoms with Crippen molar-refractivity contribution in [3.8, 4) is 0 Å². The van der Waals surface area contributed by atoms with Gasteiger partial charge in [-0.25, -0.2) is 8.42 Å². The lowest BCUT2D eigenvalue weighted by Gasteiger charge is -2.32. The molecule has 1 aromatic carbocycles. The van der Waals surface area contributed by atoms with Gasteiger partial charge in [0.1, 0.15) is 0 Å². The number of rotatable bonds is 4. The third-order valence-corrected chi connectivity index (χ3v) is 5.84. The van der Waals surface area contributed by atoms with Crippen molar-refractivity contribution < 1.29 is 8.42 Å². The van der Waals surface area contributed by atoms with E-state index >= 15 is 0 Å². The molecule has 1 aliphatic heterocycles. The highest BCUT2D eigenvalue weighted by molar-refractivity contribution is 7.89. The van der Waals surface area contributed by atoms with Crippen molar-refractivity contribution in [3.63, 3.8) is 0 Å². The number of piperidine rings is 1. The van der Waals surface area contributed by atoms with E-state index in [1.54, 1.807) is 16.4 Å². The van der Waals surface area contributed by atoms with Gasteiger partial charge in [-0.2, -0.15) is 4.31 Å². The summed E-state index contributed by atoms with van der Waals surface area (Å²) < 4.78 is 26.8. The molecule has 1 aromatic rings. The summed E-state index contributed by atoms with van der Waals surface area (Å²) in [6.45, 7) is 4.78. The summed E-state index contributed by atoms with van der Waals surface area (Å²) in [6.07, 6.45) is 5.14. The van der Waals surface area contributed by atoms with Gasteiger partial charge in [0.2, 0.25) is 10.0 Å². The van der Waals surface area contributed by atoms with Crippen LogP contribution in [-0.4, -0.2) is 25.3 Å². The van der Waals surface area contributed by atoms with Crippen LogP contribution in [0.1, 0.15) is 45.1 Å². The van der Waals surface area contributed by atoms with Crippen LogP contribution < -0.4 is 0 Å². The van der Waals surface area contributed by atoms with Gasteiger partial charge in [-0.3, -0.25) is 0 Å². The average molecular weight is 281 g/mol. The first kappa shape index (κ1) is 14.5. The van der Waals surface area contributed by atoms with Gasteiger partial charge in [0, 0.05) is 12.6 Å². The molecule has 106 valence electrons. The Morgan fingerprint density at radius 2 is 1.89 bits per heavy atom. The molecule has 0 aromatic heterocycles. The monoisotopic (exact) mass is 281 g/mol. The van der Waals surface area contributed by atoms with E-state index in [1.165, 1.54) is 5.56 Å². The molecule has 19 heavy (non-hydrogen) atoms. The molecular weight excluding hydrogens is 258 g/mol. The Hall–Kier alpha value is -0.870. The van der Waals surface area contributed by atoms with E-state index in [4.69, 9.17) is 0 Å². The Bertz CT molecular complexity index is 507. The van der Waals surface area contributed by atoms with Crippen LogP contribution in [0.25, 0.3) is 0 Å². The number of nitrogens with zero attached hydrogens (tertiary/aromatic N) is 1. The average Bonchev–Trinajstić information content (AvgIpc) is 2.40. The van der Waals surface area contributed by atoms with Crippen LogP contribution in [0, 0.1) is 0 Å². The zero-order chi connectivity index (χ0) is 13.9. The van der Waals surface area contributed by atoms with Gasteiger partial charge >= 0.3 is 0 Å². The lowest BCUT2D eigenvalue weighted by atomic mass is 10.1. The van der Waals surface area contributed by atoms with E-state index < -0.39 is 10.0 Å².